The number of ether oxygens (including phenoxy) is 2. The second-order valence-corrected chi connectivity index (χ2v) is 14.0. The molecule has 0 aliphatic rings. The third-order valence-corrected chi connectivity index (χ3v) is 9.53. The molecule has 0 bridgehead atoms. The number of fused-ring (bicyclic) bond motifs is 2. The van der Waals surface area contributed by atoms with Gasteiger partial charge in [0.15, 0.2) is 0 Å². The zero-order valence-electron chi connectivity index (χ0n) is 32.9. The molecule has 0 atom stereocenters. The molecule has 0 saturated heterocycles. The lowest BCUT2D eigenvalue weighted by Gasteiger charge is -2.11. The van der Waals surface area contributed by atoms with E-state index in [-0.39, 0.29) is 12.8 Å². The van der Waals surface area contributed by atoms with Crippen molar-refractivity contribution >= 4 is 34.0 Å². The summed E-state index contributed by atoms with van der Waals surface area (Å²) in [6, 6.07) is 35.9. The predicted octanol–water partition coefficient (Wildman–Crippen LogP) is 9.67. The number of aryl methyl sites for hydroxylation is 2. The minimum Gasteiger partial charge on any atom is -0.494 e. The van der Waals surface area contributed by atoms with Gasteiger partial charge in [0.2, 0.25) is 0 Å². The largest absolute Gasteiger partial charge is 0.494 e. The number of rotatable bonds is 15. The molecule has 0 amide bonds. The monoisotopic (exact) mass is 788 g/mol. The van der Waals surface area contributed by atoms with Crippen molar-refractivity contribution in [3.05, 3.63) is 145 Å². The van der Waals surface area contributed by atoms with Gasteiger partial charge in [-0.15, -0.1) is 0 Å². The van der Waals surface area contributed by atoms with Gasteiger partial charge in [0.25, 0.3) is 0 Å². The van der Waals surface area contributed by atoms with E-state index in [0.717, 1.165) is 62.0 Å². The molecule has 0 radical (unpaired) electrons. The van der Waals surface area contributed by atoms with Gasteiger partial charge in [-0.25, -0.2) is 9.97 Å². The Morgan fingerprint density at radius 2 is 1.00 bits per heavy atom. The lowest BCUT2D eigenvalue weighted by atomic mass is 10.2. The third-order valence-electron chi connectivity index (χ3n) is 9.53. The molecule has 2 N–H and O–H groups in total. The second-order valence-electron chi connectivity index (χ2n) is 14.0. The molecular weight excluding hydrogens is 745 g/mol. The van der Waals surface area contributed by atoms with Crippen molar-refractivity contribution in [3.8, 4) is 45.6 Å². The number of unbranched alkanes of at least 4 members (excludes halogenated alkanes) is 1. The maximum absolute atomic E-state index is 10.7. The Labute approximate surface area is 341 Å². The minimum atomic E-state index is -0.817. The van der Waals surface area contributed by atoms with Gasteiger partial charge in [0.1, 0.15) is 23.1 Å². The fraction of sp³-hybridized carbons (Fsp3) is 0.191. The molecule has 0 aliphatic heterocycles. The van der Waals surface area contributed by atoms with Crippen LogP contribution >= 0.6 is 0 Å². The van der Waals surface area contributed by atoms with Crippen molar-refractivity contribution in [3.63, 3.8) is 0 Å². The smallest absolute Gasteiger partial charge is 0.303 e. The van der Waals surface area contributed by atoms with Crippen LogP contribution in [0.3, 0.4) is 0 Å². The molecule has 8 rings (SSSR count). The first-order valence-electron chi connectivity index (χ1n) is 19.4. The summed E-state index contributed by atoms with van der Waals surface area (Å²) in [7, 11) is 0. The molecule has 4 heterocycles. The Morgan fingerprint density at radius 3 is 1.42 bits per heavy atom. The summed E-state index contributed by atoms with van der Waals surface area (Å²) in [5.41, 5.74) is 9.83. The molecule has 0 spiro atoms. The van der Waals surface area contributed by atoms with Crippen molar-refractivity contribution in [2.75, 3.05) is 13.2 Å². The van der Waals surface area contributed by atoms with Gasteiger partial charge in [-0.05, 0) is 106 Å². The van der Waals surface area contributed by atoms with Crippen LogP contribution in [0.5, 0.6) is 11.5 Å². The molecule has 12 heteroatoms. The summed E-state index contributed by atoms with van der Waals surface area (Å²) in [5.74, 6) is 1.46. The quantitative estimate of drug-likeness (QED) is 0.0960. The van der Waals surface area contributed by atoms with Crippen LogP contribution in [0.15, 0.2) is 134 Å². The van der Waals surface area contributed by atoms with Crippen LogP contribution in [0.25, 0.3) is 56.2 Å². The second kappa shape index (κ2) is 18.7. The Hall–Kier alpha value is -7.34. The predicted molar refractivity (Wildman–Crippen MR) is 227 cm³/mol. The summed E-state index contributed by atoms with van der Waals surface area (Å²) in [5, 5.41) is 17.5. The highest BCUT2D eigenvalue weighted by Crippen LogP contribution is 2.32. The number of aliphatic carboxylic acids is 2. The van der Waals surface area contributed by atoms with E-state index in [1.165, 1.54) is 11.1 Å². The Balaban J connectivity index is 0.000000179. The summed E-state index contributed by atoms with van der Waals surface area (Å²) >= 11 is 0. The first-order valence-corrected chi connectivity index (χ1v) is 19.4. The van der Waals surface area contributed by atoms with Crippen LogP contribution in [0.1, 0.15) is 43.2 Å². The number of benzene rings is 4. The van der Waals surface area contributed by atoms with Crippen molar-refractivity contribution < 1.29 is 29.3 Å². The highest BCUT2D eigenvalue weighted by Gasteiger charge is 2.17. The average Bonchev–Trinajstić information content (AvgIpc) is 3.82. The van der Waals surface area contributed by atoms with Crippen molar-refractivity contribution in [2.45, 2.75) is 46.0 Å². The van der Waals surface area contributed by atoms with Gasteiger partial charge < -0.3 is 19.7 Å². The summed E-state index contributed by atoms with van der Waals surface area (Å²) in [6.07, 6.45) is 9.12. The van der Waals surface area contributed by atoms with Gasteiger partial charge in [-0.2, -0.15) is 0 Å². The maximum atomic E-state index is 10.7. The summed E-state index contributed by atoms with van der Waals surface area (Å²) in [6.45, 7) is 4.95. The molecule has 298 valence electrons. The standard InChI is InChI=1S/C24H23N3O3.C23H21N3O3/c1-17-7-9-19(10-8-17)27-22-15-20(30-14-3-2-6-23(28)29)11-12-21(22)26-24(27)18-5-4-13-25-16-18;1-16-6-8-18(9-7-16)26-21-14-19(29-13-3-5-22(27)28)10-11-20(21)25-23(26)17-4-2-12-24-15-17/h4-5,7-13,15-16H,2-3,6,14H2,1H3,(H,28,29);2,4,6-12,14-15H,3,5,13H2,1H3,(H,27,28). The Kier molecular flexibility index (Phi) is 12.7. The summed E-state index contributed by atoms with van der Waals surface area (Å²) in [4.78, 5) is 39.5. The fourth-order valence-corrected chi connectivity index (χ4v) is 6.56. The van der Waals surface area contributed by atoms with Gasteiger partial charge >= 0.3 is 11.9 Å². The van der Waals surface area contributed by atoms with Crippen LogP contribution in [-0.2, 0) is 9.59 Å². The van der Waals surface area contributed by atoms with E-state index in [9.17, 15) is 9.59 Å². The number of carbonyl (C=O) groups is 2. The number of nitrogens with zero attached hydrogens (tertiary/aromatic N) is 6. The normalized spacial score (nSPS) is 10.9. The number of imidazole rings is 2. The summed E-state index contributed by atoms with van der Waals surface area (Å²) < 4.78 is 15.9. The van der Waals surface area contributed by atoms with Crippen molar-refractivity contribution in [2.24, 2.45) is 0 Å². The maximum Gasteiger partial charge on any atom is 0.303 e. The van der Waals surface area contributed by atoms with E-state index >= 15 is 0 Å². The molecule has 0 fully saturated rings. The number of hydrogen-bond acceptors (Lipinski definition) is 8. The highest BCUT2D eigenvalue weighted by molar-refractivity contribution is 5.85. The van der Waals surface area contributed by atoms with Crippen LogP contribution in [0.4, 0.5) is 0 Å². The number of carboxylic acid groups (broad SMARTS) is 2. The topological polar surface area (TPSA) is 154 Å². The molecule has 4 aromatic heterocycles. The van der Waals surface area contributed by atoms with E-state index in [2.05, 4.69) is 81.5 Å². The molecule has 0 saturated carbocycles. The molecule has 0 unspecified atom stereocenters. The zero-order chi connectivity index (χ0) is 41.1. The number of pyridine rings is 2. The lowest BCUT2D eigenvalue weighted by molar-refractivity contribution is -0.138. The molecule has 4 aromatic carbocycles. The van der Waals surface area contributed by atoms with Crippen molar-refractivity contribution in [1.82, 2.24) is 29.1 Å². The zero-order valence-corrected chi connectivity index (χ0v) is 32.9. The molecule has 8 aromatic rings. The SMILES string of the molecule is Cc1ccc(-n2c(-c3cccnc3)nc3ccc(OCCCC(=O)O)cc32)cc1.Cc1ccc(-n2c(-c3cccnc3)nc3ccc(OCCCCC(=O)O)cc32)cc1. The fourth-order valence-electron chi connectivity index (χ4n) is 6.56. The number of carboxylic acids is 2. The lowest BCUT2D eigenvalue weighted by Crippen LogP contribution is -2.02. The molecule has 59 heavy (non-hydrogen) atoms. The van der Waals surface area contributed by atoms with Crippen molar-refractivity contribution in [1.29, 1.82) is 0 Å². The van der Waals surface area contributed by atoms with E-state index < -0.39 is 11.9 Å². The van der Waals surface area contributed by atoms with Crippen LogP contribution < -0.4 is 9.47 Å². The van der Waals surface area contributed by atoms with Gasteiger partial charge in [0.05, 0.1) is 35.3 Å². The van der Waals surface area contributed by atoms with E-state index in [1.807, 2.05) is 66.9 Å². The van der Waals surface area contributed by atoms with Crippen LogP contribution in [0.2, 0.25) is 0 Å². The third kappa shape index (κ3) is 9.98. The molecule has 12 nitrogen and oxygen atoms in total. The molecule has 0 aliphatic carbocycles. The average molecular weight is 789 g/mol. The van der Waals surface area contributed by atoms with Gasteiger partial charge in [0, 0.05) is 72.3 Å². The first-order chi connectivity index (χ1) is 28.7. The minimum absolute atomic E-state index is 0.0920. The number of hydrogen-bond donors (Lipinski definition) is 2. The highest BCUT2D eigenvalue weighted by atomic mass is 16.5. The van der Waals surface area contributed by atoms with Crippen LogP contribution in [-0.4, -0.2) is 64.4 Å². The van der Waals surface area contributed by atoms with E-state index in [0.29, 0.717) is 38.2 Å². The first kappa shape index (κ1) is 39.9. The Bertz CT molecular complexity index is 2660. The van der Waals surface area contributed by atoms with E-state index in [4.69, 9.17) is 29.7 Å². The Morgan fingerprint density at radius 1 is 0.559 bits per heavy atom. The number of aromatic nitrogens is 6. The van der Waals surface area contributed by atoms with Crippen LogP contribution in [0, 0.1) is 13.8 Å². The van der Waals surface area contributed by atoms with E-state index in [1.54, 1.807) is 18.6 Å². The molecular formula is C47H44N6O6. The van der Waals surface area contributed by atoms with Gasteiger partial charge in [-0.1, -0.05) is 35.4 Å². The van der Waals surface area contributed by atoms with Gasteiger partial charge in [-0.3, -0.25) is 28.7 Å².